The van der Waals surface area contributed by atoms with Gasteiger partial charge in [-0.05, 0) is 93.0 Å². The summed E-state index contributed by atoms with van der Waals surface area (Å²) in [6.45, 7) is 0. The monoisotopic (exact) mass is 892 g/mol. The van der Waals surface area contributed by atoms with Crippen LogP contribution in [0.5, 0.6) is 0 Å². The standard InChI is InChI=1S/C61H37F5N2/c62-52-22-13-23-53(63)60(52)50-36-58(67-54-32-42(38-14-5-1-6-15-38)24-28-46(54)47-29-25-43(33-55(47)67)39-16-7-2-8-17-39)59(37-51(50)61(64,65)66)68-56-34-44(40-18-9-3-10-19-40)26-30-48(56)49-31-27-45(35-57(49)68)41-20-11-4-12-21-41/h1-37H. The van der Waals surface area contributed by atoms with Crippen molar-refractivity contribution in [3.05, 3.63) is 242 Å². The van der Waals surface area contributed by atoms with Gasteiger partial charge in [0.1, 0.15) is 11.6 Å². The van der Waals surface area contributed by atoms with E-state index in [-0.39, 0.29) is 5.69 Å². The highest BCUT2D eigenvalue weighted by atomic mass is 19.4. The van der Waals surface area contributed by atoms with E-state index < -0.39 is 34.5 Å². The zero-order valence-corrected chi connectivity index (χ0v) is 36.1. The van der Waals surface area contributed by atoms with Crippen molar-refractivity contribution in [2.24, 2.45) is 0 Å². The van der Waals surface area contributed by atoms with Crippen LogP contribution in [0, 0.1) is 11.6 Å². The Hall–Kier alpha value is -8.55. The third-order valence-corrected chi connectivity index (χ3v) is 13.1. The van der Waals surface area contributed by atoms with Gasteiger partial charge in [0.25, 0.3) is 0 Å². The smallest absolute Gasteiger partial charge is 0.307 e. The lowest BCUT2D eigenvalue weighted by Gasteiger charge is -2.23. The quantitative estimate of drug-likeness (QED) is 0.141. The van der Waals surface area contributed by atoms with Gasteiger partial charge in [-0.15, -0.1) is 0 Å². The minimum absolute atomic E-state index is 0.169. The number of fused-ring (bicyclic) bond motifs is 6. The minimum Gasteiger partial charge on any atom is -0.307 e. The van der Waals surface area contributed by atoms with E-state index in [1.807, 2.05) is 203 Å². The van der Waals surface area contributed by atoms with E-state index in [4.69, 9.17) is 0 Å². The molecule has 12 rings (SSSR count). The van der Waals surface area contributed by atoms with Crippen molar-refractivity contribution in [3.8, 4) is 67.0 Å². The van der Waals surface area contributed by atoms with Crippen LogP contribution in [0.15, 0.2) is 224 Å². The highest BCUT2D eigenvalue weighted by molar-refractivity contribution is 6.14. The molecule has 10 aromatic carbocycles. The fraction of sp³-hybridized carbons (Fsp3) is 0.0164. The van der Waals surface area contributed by atoms with Crippen molar-refractivity contribution >= 4 is 43.6 Å². The fourth-order valence-corrected chi connectivity index (χ4v) is 9.93. The van der Waals surface area contributed by atoms with Gasteiger partial charge in [0.15, 0.2) is 0 Å². The Balaban J connectivity index is 1.29. The van der Waals surface area contributed by atoms with E-state index in [0.717, 1.165) is 90.3 Å². The zero-order chi connectivity index (χ0) is 46.1. The molecule has 0 aliphatic carbocycles. The van der Waals surface area contributed by atoms with Crippen LogP contribution in [-0.4, -0.2) is 9.13 Å². The van der Waals surface area contributed by atoms with E-state index in [9.17, 15) is 0 Å². The van der Waals surface area contributed by atoms with E-state index in [1.165, 1.54) is 6.07 Å². The first-order chi connectivity index (χ1) is 33.2. The van der Waals surface area contributed by atoms with Crippen molar-refractivity contribution in [1.82, 2.24) is 9.13 Å². The predicted molar refractivity (Wildman–Crippen MR) is 267 cm³/mol. The van der Waals surface area contributed by atoms with Gasteiger partial charge in [-0.1, -0.05) is 176 Å². The van der Waals surface area contributed by atoms with Crippen LogP contribution >= 0.6 is 0 Å². The van der Waals surface area contributed by atoms with Crippen molar-refractivity contribution in [3.63, 3.8) is 0 Å². The van der Waals surface area contributed by atoms with Crippen LogP contribution in [0.3, 0.4) is 0 Å². The van der Waals surface area contributed by atoms with Crippen molar-refractivity contribution in [1.29, 1.82) is 0 Å². The lowest BCUT2D eigenvalue weighted by Crippen LogP contribution is -2.13. The van der Waals surface area contributed by atoms with Crippen molar-refractivity contribution in [2.45, 2.75) is 6.18 Å². The average molecular weight is 893 g/mol. The van der Waals surface area contributed by atoms with Crippen LogP contribution in [0.1, 0.15) is 5.56 Å². The molecule has 0 spiro atoms. The molecule has 0 fully saturated rings. The second-order valence-electron chi connectivity index (χ2n) is 17.0. The van der Waals surface area contributed by atoms with E-state index >= 15 is 22.0 Å². The van der Waals surface area contributed by atoms with E-state index in [0.29, 0.717) is 27.8 Å². The molecule has 0 saturated carbocycles. The fourth-order valence-electron chi connectivity index (χ4n) is 9.93. The average Bonchev–Trinajstić information content (AvgIpc) is 3.88. The van der Waals surface area contributed by atoms with Gasteiger partial charge in [0.05, 0.1) is 44.6 Å². The molecule has 7 heteroatoms. The van der Waals surface area contributed by atoms with Gasteiger partial charge in [-0.2, -0.15) is 13.2 Å². The summed E-state index contributed by atoms with van der Waals surface area (Å²) in [5, 5.41) is 3.35. The first kappa shape index (κ1) is 40.9. The molecule has 0 N–H and O–H groups in total. The van der Waals surface area contributed by atoms with Crippen molar-refractivity contribution < 1.29 is 22.0 Å². The number of aromatic nitrogens is 2. The summed E-state index contributed by atoms with van der Waals surface area (Å²) >= 11 is 0. The second kappa shape index (κ2) is 16.1. The normalized spacial score (nSPS) is 11.9. The highest BCUT2D eigenvalue weighted by Crippen LogP contribution is 2.47. The lowest BCUT2D eigenvalue weighted by molar-refractivity contribution is -0.137. The molecule has 12 aromatic rings. The van der Waals surface area contributed by atoms with Gasteiger partial charge in [0, 0.05) is 27.1 Å². The first-order valence-corrected chi connectivity index (χ1v) is 22.3. The summed E-state index contributed by atoms with van der Waals surface area (Å²) in [5.74, 6) is -2.21. The molecule has 2 aromatic heterocycles. The van der Waals surface area contributed by atoms with E-state index in [2.05, 4.69) is 0 Å². The molecular formula is C61H37F5N2. The van der Waals surface area contributed by atoms with Crippen LogP contribution < -0.4 is 0 Å². The zero-order valence-electron chi connectivity index (χ0n) is 36.1. The molecule has 326 valence electrons. The Kier molecular flexibility index (Phi) is 9.69. The highest BCUT2D eigenvalue weighted by Gasteiger charge is 2.37. The molecule has 0 aliphatic heterocycles. The van der Waals surface area contributed by atoms with Crippen LogP contribution in [0.4, 0.5) is 22.0 Å². The van der Waals surface area contributed by atoms with Crippen LogP contribution in [0.25, 0.3) is 111 Å². The molecule has 0 atom stereocenters. The number of halogens is 5. The summed E-state index contributed by atoms with van der Waals surface area (Å²) in [6, 6.07) is 69.4. The SMILES string of the molecule is Fc1cccc(F)c1-c1cc(-n2c3cc(-c4ccccc4)ccc3c3ccc(-c4ccccc4)cc32)c(-n2c3cc(-c4ccccc4)ccc3c3ccc(-c4ccccc4)cc32)cc1C(F)(F)F. The van der Waals surface area contributed by atoms with Crippen LogP contribution in [0.2, 0.25) is 0 Å². The largest absolute Gasteiger partial charge is 0.417 e. The second-order valence-corrected chi connectivity index (χ2v) is 17.0. The number of alkyl halides is 3. The van der Waals surface area contributed by atoms with Gasteiger partial charge in [0.2, 0.25) is 0 Å². The molecule has 0 aliphatic rings. The van der Waals surface area contributed by atoms with Gasteiger partial charge >= 0.3 is 6.18 Å². The van der Waals surface area contributed by atoms with E-state index in [1.54, 1.807) is 0 Å². The summed E-state index contributed by atoms with van der Waals surface area (Å²) in [6.07, 6.45) is -5.04. The molecular weight excluding hydrogens is 856 g/mol. The number of rotatable bonds is 7. The first-order valence-electron chi connectivity index (χ1n) is 22.3. The topological polar surface area (TPSA) is 9.86 Å². The molecule has 2 heterocycles. The van der Waals surface area contributed by atoms with Gasteiger partial charge in [-0.25, -0.2) is 8.78 Å². The number of hydrogen-bond acceptors (Lipinski definition) is 0. The molecule has 0 amide bonds. The van der Waals surface area contributed by atoms with Crippen LogP contribution in [-0.2, 0) is 6.18 Å². The minimum atomic E-state index is -5.04. The summed E-state index contributed by atoms with van der Waals surface area (Å²) in [4.78, 5) is 0. The molecule has 0 unspecified atom stereocenters. The Morgan fingerprint density at radius 3 is 0.912 bits per heavy atom. The lowest BCUT2D eigenvalue weighted by atomic mass is 9.95. The maximum absolute atomic E-state index is 16.1. The maximum Gasteiger partial charge on any atom is 0.417 e. The number of hydrogen-bond donors (Lipinski definition) is 0. The maximum atomic E-state index is 16.1. The molecule has 0 saturated heterocycles. The molecule has 0 radical (unpaired) electrons. The molecule has 2 nitrogen and oxygen atoms in total. The summed E-state index contributed by atoms with van der Waals surface area (Å²) in [7, 11) is 0. The Morgan fingerprint density at radius 2 is 0.603 bits per heavy atom. The van der Waals surface area contributed by atoms with Crippen molar-refractivity contribution in [2.75, 3.05) is 0 Å². The summed E-state index contributed by atoms with van der Waals surface area (Å²) < 4.78 is 84.2. The third-order valence-electron chi connectivity index (χ3n) is 13.1. The predicted octanol–water partition coefficient (Wildman–Crippen LogP) is 17.5. The third kappa shape index (κ3) is 6.85. The molecule has 0 bridgehead atoms. The summed E-state index contributed by atoms with van der Waals surface area (Å²) in [5.41, 5.74) is 7.87. The van der Waals surface area contributed by atoms with Gasteiger partial charge < -0.3 is 9.13 Å². The molecule has 68 heavy (non-hydrogen) atoms. The Morgan fingerprint density at radius 1 is 0.294 bits per heavy atom. The Bertz CT molecular complexity index is 3680. The van der Waals surface area contributed by atoms with Gasteiger partial charge in [-0.3, -0.25) is 0 Å². The number of benzene rings is 10. The Labute approximate surface area is 388 Å². The number of nitrogens with zero attached hydrogens (tertiary/aromatic N) is 2.